The van der Waals surface area contributed by atoms with Gasteiger partial charge in [-0.25, -0.2) is 4.79 Å². The number of rotatable bonds is 4. The van der Waals surface area contributed by atoms with Crippen molar-refractivity contribution in [2.24, 2.45) is 0 Å². The zero-order chi connectivity index (χ0) is 13.1. The van der Waals surface area contributed by atoms with E-state index in [-0.39, 0.29) is 11.3 Å². The van der Waals surface area contributed by atoms with E-state index in [1.165, 1.54) is 12.1 Å². The Kier molecular flexibility index (Phi) is 4.06. The lowest BCUT2D eigenvalue weighted by Gasteiger charge is -2.08. The predicted molar refractivity (Wildman–Crippen MR) is 57.8 cm³/mol. The average molecular weight is 262 g/mol. The smallest absolute Gasteiger partial charge is 0.465 e. The average Bonchev–Trinajstić information content (AvgIpc) is 2.25. The molecule has 17 heavy (non-hydrogen) atoms. The number of hydrogen-bond donors (Lipinski definition) is 0. The Morgan fingerprint density at radius 3 is 2.53 bits per heavy atom. The van der Waals surface area contributed by atoms with Gasteiger partial charge in [0.25, 0.3) is 0 Å². The van der Waals surface area contributed by atoms with Crippen LogP contribution in [0.25, 0.3) is 0 Å². The van der Waals surface area contributed by atoms with Crippen LogP contribution >= 0.6 is 0 Å². The fraction of sp³-hybridized carbons (Fsp3) is 0.300. The fourth-order valence-corrected chi connectivity index (χ4v) is 1.59. The van der Waals surface area contributed by atoms with E-state index in [4.69, 9.17) is 0 Å². The molecule has 0 atom stereocenters. The van der Waals surface area contributed by atoms with Crippen molar-refractivity contribution in [2.45, 2.75) is 13.3 Å². The first-order valence-corrected chi connectivity index (χ1v) is 6.03. The van der Waals surface area contributed by atoms with Crippen LogP contribution in [0, 0.1) is 0 Å². The van der Waals surface area contributed by atoms with E-state index >= 15 is 0 Å². The minimum atomic E-state index is -5.17. The molecule has 0 radical (unpaired) electrons. The molecule has 1 aromatic carbocycles. The summed E-state index contributed by atoms with van der Waals surface area (Å²) in [6.45, 7) is 1.82. The van der Waals surface area contributed by atoms with E-state index in [1.54, 1.807) is 6.07 Å². The van der Waals surface area contributed by atoms with Crippen LogP contribution in [0.2, 0.25) is 0 Å². The van der Waals surface area contributed by atoms with E-state index in [0.717, 1.165) is 7.11 Å². The first kappa shape index (κ1) is 13.4. The second-order valence-electron chi connectivity index (χ2n) is 3.15. The summed E-state index contributed by atoms with van der Waals surface area (Å²) in [4.78, 5) is 11.3. The van der Waals surface area contributed by atoms with Crippen molar-refractivity contribution in [3.63, 3.8) is 0 Å². The molecule has 0 bridgehead atoms. The normalized spacial score (nSPS) is 11.0. The van der Waals surface area contributed by atoms with E-state index in [9.17, 15) is 17.1 Å². The molecule has 1 aromatic rings. The van der Waals surface area contributed by atoms with Crippen molar-refractivity contribution in [1.82, 2.24) is 0 Å². The van der Waals surface area contributed by atoms with Gasteiger partial charge in [-0.05, 0) is 24.1 Å². The van der Waals surface area contributed by atoms with Gasteiger partial charge in [0.1, 0.15) is 5.56 Å². The summed E-state index contributed by atoms with van der Waals surface area (Å²) < 4.78 is 41.8. The highest BCUT2D eigenvalue weighted by molar-refractivity contribution is 7.81. The Bertz CT molecular complexity index is 523. The number of halogens is 1. The highest BCUT2D eigenvalue weighted by Gasteiger charge is 2.19. The Balaban J connectivity index is 3.25. The second-order valence-corrected chi connectivity index (χ2v) is 4.10. The predicted octanol–water partition coefficient (Wildman–Crippen LogP) is 1.63. The SMILES string of the molecule is CCc1ccc(C(=O)OC)c(OS(=O)(=O)F)c1. The summed E-state index contributed by atoms with van der Waals surface area (Å²) in [6, 6.07) is 4.21. The highest BCUT2D eigenvalue weighted by Crippen LogP contribution is 2.23. The van der Waals surface area contributed by atoms with Gasteiger partial charge >= 0.3 is 16.5 Å². The molecule has 0 spiro atoms. The highest BCUT2D eigenvalue weighted by atomic mass is 32.3. The van der Waals surface area contributed by atoms with E-state index < -0.39 is 16.5 Å². The monoisotopic (exact) mass is 262 g/mol. The minimum absolute atomic E-state index is 0.147. The molecule has 0 heterocycles. The number of esters is 1. The zero-order valence-corrected chi connectivity index (χ0v) is 10.1. The molecule has 0 aromatic heterocycles. The fourth-order valence-electron chi connectivity index (χ4n) is 1.24. The minimum Gasteiger partial charge on any atom is -0.465 e. The lowest BCUT2D eigenvalue weighted by Crippen LogP contribution is -2.09. The third-order valence-electron chi connectivity index (χ3n) is 2.05. The van der Waals surface area contributed by atoms with Crippen LogP contribution in [-0.4, -0.2) is 21.5 Å². The summed E-state index contributed by atoms with van der Waals surface area (Å²) in [5, 5.41) is 0. The molecule has 0 aliphatic carbocycles. The van der Waals surface area contributed by atoms with E-state index in [2.05, 4.69) is 8.92 Å². The molecule has 0 aliphatic rings. The number of hydrogen-bond acceptors (Lipinski definition) is 5. The van der Waals surface area contributed by atoms with Crippen molar-refractivity contribution in [1.29, 1.82) is 0 Å². The van der Waals surface area contributed by atoms with Crippen molar-refractivity contribution in [3.05, 3.63) is 29.3 Å². The summed E-state index contributed by atoms with van der Waals surface area (Å²) >= 11 is 0. The van der Waals surface area contributed by atoms with Crippen molar-refractivity contribution in [3.8, 4) is 5.75 Å². The van der Waals surface area contributed by atoms with Gasteiger partial charge in [-0.15, -0.1) is 0 Å². The van der Waals surface area contributed by atoms with Gasteiger partial charge in [0.15, 0.2) is 5.75 Å². The molecule has 0 aliphatic heterocycles. The number of aryl methyl sites for hydroxylation is 1. The lowest BCUT2D eigenvalue weighted by molar-refractivity contribution is 0.0599. The van der Waals surface area contributed by atoms with Gasteiger partial charge in [-0.1, -0.05) is 16.9 Å². The van der Waals surface area contributed by atoms with Gasteiger partial charge in [-0.2, -0.15) is 8.42 Å². The Morgan fingerprint density at radius 1 is 1.41 bits per heavy atom. The molecule has 0 N–H and O–H groups in total. The van der Waals surface area contributed by atoms with Gasteiger partial charge in [0.05, 0.1) is 7.11 Å². The van der Waals surface area contributed by atoms with Crippen LogP contribution < -0.4 is 4.18 Å². The lowest BCUT2D eigenvalue weighted by atomic mass is 10.1. The number of benzene rings is 1. The molecule has 0 fully saturated rings. The maximum atomic E-state index is 12.5. The molecule has 1 rings (SSSR count). The Morgan fingerprint density at radius 2 is 2.06 bits per heavy atom. The maximum Gasteiger partial charge on any atom is 0.488 e. The molecular weight excluding hydrogens is 251 g/mol. The van der Waals surface area contributed by atoms with Crippen LogP contribution in [0.3, 0.4) is 0 Å². The van der Waals surface area contributed by atoms with Crippen LogP contribution in [0.5, 0.6) is 5.75 Å². The van der Waals surface area contributed by atoms with Crippen LogP contribution in [0.1, 0.15) is 22.8 Å². The number of ether oxygens (including phenoxy) is 1. The van der Waals surface area contributed by atoms with Crippen LogP contribution in [0.4, 0.5) is 3.89 Å². The van der Waals surface area contributed by atoms with Gasteiger partial charge in [-0.3, -0.25) is 0 Å². The first-order valence-electron chi connectivity index (χ1n) is 4.72. The van der Waals surface area contributed by atoms with E-state index in [0.29, 0.717) is 12.0 Å². The largest absolute Gasteiger partial charge is 0.488 e. The van der Waals surface area contributed by atoms with Gasteiger partial charge < -0.3 is 8.92 Å². The quantitative estimate of drug-likeness (QED) is 0.609. The Hall–Kier alpha value is -1.63. The topological polar surface area (TPSA) is 69.7 Å². The van der Waals surface area contributed by atoms with Crippen molar-refractivity contribution in [2.75, 3.05) is 7.11 Å². The van der Waals surface area contributed by atoms with Crippen molar-refractivity contribution >= 4 is 16.5 Å². The number of carbonyl (C=O) groups is 1. The number of methoxy groups -OCH3 is 1. The zero-order valence-electron chi connectivity index (χ0n) is 9.27. The summed E-state index contributed by atoms with van der Waals surface area (Å²) in [5.74, 6) is -1.18. The molecule has 7 heteroatoms. The van der Waals surface area contributed by atoms with Gasteiger partial charge in [0.2, 0.25) is 0 Å². The molecule has 0 saturated heterocycles. The molecule has 0 unspecified atom stereocenters. The van der Waals surface area contributed by atoms with Gasteiger partial charge in [0, 0.05) is 0 Å². The Labute approximate surface area is 98.6 Å². The van der Waals surface area contributed by atoms with Crippen LogP contribution in [-0.2, 0) is 21.7 Å². The third kappa shape index (κ3) is 3.70. The summed E-state index contributed by atoms with van der Waals surface area (Å²) in [5.41, 5.74) is 0.558. The molecule has 94 valence electrons. The van der Waals surface area contributed by atoms with Crippen LogP contribution in [0.15, 0.2) is 18.2 Å². The van der Waals surface area contributed by atoms with E-state index in [1.807, 2.05) is 6.92 Å². The molecule has 0 saturated carbocycles. The second kappa shape index (κ2) is 5.13. The molecule has 5 nitrogen and oxygen atoms in total. The number of carbonyl (C=O) groups excluding carboxylic acids is 1. The van der Waals surface area contributed by atoms with Crippen molar-refractivity contribution < 1.29 is 26.0 Å². The molecular formula is C10H11FO5S. The maximum absolute atomic E-state index is 12.5. The molecule has 0 amide bonds. The first-order chi connectivity index (χ1) is 7.87. The third-order valence-corrected chi connectivity index (χ3v) is 2.43. The summed E-state index contributed by atoms with van der Waals surface area (Å²) in [6.07, 6.45) is 0.587. The standard InChI is InChI=1S/C10H11FO5S/c1-3-7-4-5-8(10(12)15-2)9(6-7)16-17(11,13)14/h4-6H,3H2,1-2H3. The summed E-state index contributed by atoms with van der Waals surface area (Å²) in [7, 11) is -4.05.